The number of aryl methyl sites for hydroxylation is 1. The molecule has 142 valence electrons. The lowest BCUT2D eigenvalue weighted by Crippen LogP contribution is -2.17. The number of rotatable bonds is 7. The summed E-state index contributed by atoms with van der Waals surface area (Å²) in [4.78, 5) is 27.9. The normalized spacial score (nSPS) is 12.3. The number of ether oxygens (including phenoxy) is 2. The molecule has 3 rings (SSSR count). The van der Waals surface area contributed by atoms with Gasteiger partial charge in [0.2, 0.25) is 5.78 Å². The summed E-state index contributed by atoms with van der Waals surface area (Å²) in [5.74, 6) is -0.760. The summed E-state index contributed by atoms with van der Waals surface area (Å²) in [5.41, 5.74) is 3.58. The van der Waals surface area contributed by atoms with Gasteiger partial charge in [0.25, 0.3) is 0 Å². The minimum atomic E-state index is -0.541. The largest absolute Gasteiger partial charge is 0.453 e. The number of aromatic amines is 1. The van der Waals surface area contributed by atoms with Crippen LogP contribution in [-0.4, -0.2) is 41.6 Å². The molecule has 0 saturated carbocycles. The van der Waals surface area contributed by atoms with Crippen molar-refractivity contribution in [3.63, 3.8) is 0 Å². The third-order valence-corrected chi connectivity index (χ3v) is 4.72. The number of methoxy groups -OCH3 is 1. The SMILES string of the molecule is COC[C@H](C)n1c(C)cc(C(=O)COC(=O)c2cc3ccccc3[nH]2)c1C. The summed E-state index contributed by atoms with van der Waals surface area (Å²) in [6.45, 7) is 6.14. The van der Waals surface area contributed by atoms with E-state index in [0.717, 1.165) is 22.3 Å². The fraction of sp³-hybridized carbons (Fsp3) is 0.333. The van der Waals surface area contributed by atoms with Gasteiger partial charge in [-0.05, 0) is 39.0 Å². The molecule has 0 bridgehead atoms. The highest BCUT2D eigenvalue weighted by atomic mass is 16.5. The van der Waals surface area contributed by atoms with Crippen molar-refractivity contribution >= 4 is 22.7 Å². The number of ketones is 1. The van der Waals surface area contributed by atoms with Gasteiger partial charge >= 0.3 is 5.97 Å². The van der Waals surface area contributed by atoms with Crippen molar-refractivity contribution in [3.05, 3.63) is 59.0 Å². The van der Waals surface area contributed by atoms with Gasteiger partial charge in [0, 0.05) is 35.0 Å². The van der Waals surface area contributed by atoms with Crippen molar-refractivity contribution < 1.29 is 19.1 Å². The van der Waals surface area contributed by atoms with Crippen LogP contribution in [0.1, 0.15) is 45.2 Å². The summed E-state index contributed by atoms with van der Waals surface area (Å²) in [6, 6.07) is 11.2. The van der Waals surface area contributed by atoms with Gasteiger partial charge in [0.1, 0.15) is 5.69 Å². The van der Waals surface area contributed by atoms with Crippen molar-refractivity contribution in [2.75, 3.05) is 20.3 Å². The van der Waals surface area contributed by atoms with Crippen molar-refractivity contribution in [1.29, 1.82) is 0 Å². The summed E-state index contributed by atoms with van der Waals surface area (Å²) in [7, 11) is 1.65. The zero-order chi connectivity index (χ0) is 19.6. The highest BCUT2D eigenvalue weighted by Gasteiger charge is 2.20. The molecule has 0 aliphatic carbocycles. The summed E-state index contributed by atoms with van der Waals surface area (Å²) in [6.07, 6.45) is 0. The summed E-state index contributed by atoms with van der Waals surface area (Å²) < 4.78 is 12.5. The van der Waals surface area contributed by atoms with E-state index in [-0.39, 0.29) is 18.4 Å². The van der Waals surface area contributed by atoms with Crippen LogP contribution in [0.2, 0.25) is 0 Å². The number of carbonyl (C=O) groups is 2. The Hall–Kier alpha value is -2.86. The molecule has 0 saturated heterocycles. The molecule has 0 spiro atoms. The number of nitrogens with zero attached hydrogens (tertiary/aromatic N) is 1. The van der Waals surface area contributed by atoms with Crippen molar-refractivity contribution in [2.45, 2.75) is 26.8 Å². The van der Waals surface area contributed by atoms with E-state index in [4.69, 9.17) is 9.47 Å². The Bertz CT molecular complexity index is 950. The average molecular weight is 368 g/mol. The molecule has 0 radical (unpaired) electrons. The number of hydrogen-bond donors (Lipinski definition) is 1. The molecule has 1 atom stereocenters. The number of benzene rings is 1. The third-order valence-electron chi connectivity index (χ3n) is 4.72. The number of H-pyrrole nitrogens is 1. The minimum absolute atomic E-state index is 0.116. The number of nitrogens with one attached hydrogen (secondary N) is 1. The highest BCUT2D eigenvalue weighted by molar-refractivity contribution is 6.01. The molecule has 27 heavy (non-hydrogen) atoms. The van der Waals surface area contributed by atoms with Crippen molar-refractivity contribution in [1.82, 2.24) is 9.55 Å². The molecule has 0 unspecified atom stereocenters. The van der Waals surface area contributed by atoms with Crippen LogP contribution in [0.25, 0.3) is 10.9 Å². The second-order valence-corrected chi connectivity index (χ2v) is 6.73. The van der Waals surface area contributed by atoms with Crippen LogP contribution in [0.4, 0.5) is 0 Å². The Labute approximate surface area is 158 Å². The molecule has 3 aromatic rings. The first kappa shape index (κ1) is 18.9. The van der Waals surface area contributed by atoms with E-state index in [1.165, 1.54) is 0 Å². The first-order chi connectivity index (χ1) is 12.9. The lowest BCUT2D eigenvalue weighted by atomic mass is 10.1. The standard InChI is InChI=1S/C21H24N2O4/c1-13-9-17(15(3)23(13)14(2)11-26-4)20(24)12-27-21(25)19-10-16-7-5-6-8-18(16)22-19/h5-10,14,22H,11-12H2,1-4H3/t14-/m0/s1. The molecule has 0 amide bonds. The maximum Gasteiger partial charge on any atom is 0.355 e. The van der Waals surface area contributed by atoms with E-state index in [1.54, 1.807) is 13.2 Å². The Kier molecular flexibility index (Phi) is 5.46. The number of aromatic nitrogens is 2. The van der Waals surface area contributed by atoms with Crippen LogP contribution < -0.4 is 0 Å². The lowest BCUT2D eigenvalue weighted by molar-refractivity contribution is 0.0469. The van der Waals surface area contributed by atoms with Gasteiger partial charge in [0.05, 0.1) is 12.6 Å². The molecule has 0 fully saturated rings. The van der Waals surface area contributed by atoms with Gasteiger partial charge in [-0.2, -0.15) is 0 Å². The molecule has 0 aliphatic rings. The molecule has 1 N–H and O–H groups in total. The molecule has 1 aromatic carbocycles. The van der Waals surface area contributed by atoms with Gasteiger partial charge in [-0.15, -0.1) is 0 Å². The predicted molar refractivity (Wildman–Crippen MR) is 103 cm³/mol. The number of carbonyl (C=O) groups excluding carboxylic acids is 2. The van der Waals surface area contributed by atoms with Gasteiger partial charge < -0.3 is 19.0 Å². The number of para-hydroxylation sites is 1. The Balaban J connectivity index is 1.70. The smallest absolute Gasteiger partial charge is 0.355 e. The fourth-order valence-electron chi connectivity index (χ4n) is 3.52. The number of esters is 1. The first-order valence-electron chi connectivity index (χ1n) is 8.87. The molecule has 2 heterocycles. The molecule has 2 aromatic heterocycles. The second-order valence-electron chi connectivity index (χ2n) is 6.73. The molecular formula is C21H24N2O4. The molecule has 6 heteroatoms. The van der Waals surface area contributed by atoms with Crippen molar-refractivity contribution in [2.24, 2.45) is 0 Å². The summed E-state index contributed by atoms with van der Waals surface area (Å²) >= 11 is 0. The van der Waals surface area contributed by atoms with Crippen LogP contribution in [0.5, 0.6) is 0 Å². The zero-order valence-corrected chi connectivity index (χ0v) is 16.0. The van der Waals surface area contributed by atoms with E-state index in [2.05, 4.69) is 9.55 Å². The van der Waals surface area contributed by atoms with Crippen LogP contribution in [-0.2, 0) is 9.47 Å². The topological polar surface area (TPSA) is 73.3 Å². The van der Waals surface area contributed by atoms with Gasteiger partial charge in [-0.25, -0.2) is 4.79 Å². The van der Waals surface area contributed by atoms with Crippen LogP contribution in [0, 0.1) is 13.8 Å². The fourth-order valence-corrected chi connectivity index (χ4v) is 3.52. The maximum atomic E-state index is 12.6. The number of fused-ring (bicyclic) bond motifs is 1. The Morgan fingerprint density at radius 1 is 1.19 bits per heavy atom. The van der Waals surface area contributed by atoms with E-state index in [0.29, 0.717) is 17.9 Å². The minimum Gasteiger partial charge on any atom is -0.453 e. The predicted octanol–water partition coefficient (Wildman–Crippen LogP) is 3.83. The summed E-state index contributed by atoms with van der Waals surface area (Å²) in [5, 5.41) is 0.923. The third kappa shape index (κ3) is 3.80. The van der Waals surface area contributed by atoms with Crippen molar-refractivity contribution in [3.8, 4) is 0 Å². The maximum absolute atomic E-state index is 12.6. The average Bonchev–Trinajstić information content (AvgIpc) is 3.20. The lowest BCUT2D eigenvalue weighted by Gasteiger charge is -2.17. The Morgan fingerprint density at radius 3 is 2.63 bits per heavy atom. The van der Waals surface area contributed by atoms with E-state index in [1.807, 2.05) is 51.1 Å². The molecule has 6 nitrogen and oxygen atoms in total. The molecular weight excluding hydrogens is 344 g/mol. The highest BCUT2D eigenvalue weighted by Crippen LogP contribution is 2.21. The van der Waals surface area contributed by atoms with Gasteiger partial charge in [0.15, 0.2) is 6.61 Å². The quantitative estimate of drug-likeness (QED) is 0.508. The van der Waals surface area contributed by atoms with Crippen LogP contribution in [0.3, 0.4) is 0 Å². The van der Waals surface area contributed by atoms with Gasteiger partial charge in [-0.1, -0.05) is 18.2 Å². The van der Waals surface area contributed by atoms with E-state index >= 15 is 0 Å². The van der Waals surface area contributed by atoms with Crippen LogP contribution in [0.15, 0.2) is 36.4 Å². The van der Waals surface area contributed by atoms with Crippen LogP contribution >= 0.6 is 0 Å². The number of hydrogen-bond acceptors (Lipinski definition) is 4. The number of Topliss-reactive ketones (excluding diaryl/α,β-unsaturated/α-hetero) is 1. The zero-order valence-electron chi connectivity index (χ0n) is 16.0. The van der Waals surface area contributed by atoms with E-state index in [9.17, 15) is 9.59 Å². The van der Waals surface area contributed by atoms with E-state index < -0.39 is 5.97 Å². The first-order valence-corrected chi connectivity index (χ1v) is 8.87. The molecule has 0 aliphatic heterocycles. The second kappa shape index (κ2) is 7.80. The monoisotopic (exact) mass is 368 g/mol. The Morgan fingerprint density at radius 2 is 1.93 bits per heavy atom. The van der Waals surface area contributed by atoms with Gasteiger partial charge in [-0.3, -0.25) is 4.79 Å².